The van der Waals surface area contributed by atoms with Gasteiger partial charge in [0.1, 0.15) is 5.75 Å². The second-order valence-electron chi connectivity index (χ2n) is 5.35. The summed E-state index contributed by atoms with van der Waals surface area (Å²) in [6.45, 7) is 5.77. The summed E-state index contributed by atoms with van der Waals surface area (Å²) in [5, 5.41) is 10.2. The largest absolute Gasteiger partial charge is 0.493 e. The minimum absolute atomic E-state index is 0.462. The first-order chi connectivity index (χ1) is 8.50. The number of aliphatic hydroxyl groups excluding tert-OH is 1. The summed E-state index contributed by atoms with van der Waals surface area (Å²) < 4.78 is 5.75. The first kappa shape index (κ1) is 15.0. The zero-order chi connectivity index (χ0) is 13.5. The SMILES string of the molecule is CC(C)COc1ccccc1C(O)CCN(C)C. The number of nitrogens with zero attached hydrogens (tertiary/aromatic N) is 1. The Hall–Kier alpha value is -1.06. The van der Waals surface area contributed by atoms with Crippen LogP contribution in [0.5, 0.6) is 5.75 Å². The summed E-state index contributed by atoms with van der Waals surface area (Å²) in [5.74, 6) is 1.29. The van der Waals surface area contributed by atoms with Crippen LogP contribution in [0.2, 0.25) is 0 Å². The summed E-state index contributed by atoms with van der Waals surface area (Å²) in [6.07, 6.45) is 0.255. The number of hydrogen-bond donors (Lipinski definition) is 1. The molecule has 0 radical (unpaired) electrons. The zero-order valence-electron chi connectivity index (χ0n) is 11.9. The highest BCUT2D eigenvalue weighted by Crippen LogP contribution is 2.27. The first-order valence-electron chi connectivity index (χ1n) is 6.55. The lowest BCUT2D eigenvalue weighted by Gasteiger charge is -2.18. The van der Waals surface area contributed by atoms with E-state index in [-0.39, 0.29) is 0 Å². The predicted octanol–water partition coefficient (Wildman–Crippen LogP) is 2.71. The van der Waals surface area contributed by atoms with Gasteiger partial charge in [0, 0.05) is 12.1 Å². The third kappa shape index (κ3) is 5.07. The molecule has 0 fully saturated rings. The number of benzene rings is 1. The van der Waals surface area contributed by atoms with Crippen molar-refractivity contribution in [3.63, 3.8) is 0 Å². The molecule has 0 aliphatic rings. The molecule has 3 heteroatoms. The smallest absolute Gasteiger partial charge is 0.125 e. The third-order valence-electron chi connectivity index (χ3n) is 2.70. The Morgan fingerprint density at radius 2 is 1.89 bits per heavy atom. The summed E-state index contributed by atoms with van der Waals surface area (Å²) in [4.78, 5) is 2.07. The minimum atomic E-state index is -0.462. The molecule has 18 heavy (non-hydrogen) atoms. The molecule has 0 amide bonds. The maximum atomic E-state index is 10.2. The van der Waals surface area contributed by atoms with Crippen molar-refractivity contribution in [2.45, 2.75) is 26.4 Å². The predicted molar refractivity (Wildman–Crippen MR) is 74.9 cm³/mol. The Balaban J connectivity index is 2.68. The molecule has 0 bridgehead atoms. The number of aliphatic hydroxyl groups is 1. The van der Waals surface area contributed by atoms with Crippen LogP contribution in [0.25, 0.3) is 0 Å². The van der Waals surface area contributed by atoms with E-state index < -0.39 is 6.10 Å². The number of ether oxygens (including phenoxy) is 1. The van der Waals surface area contributed by atoms with Gasteiger partial charge < -0.3 is 14.7 Å². The Morgan fingerprint density at radius 3 is 2.50 bits per heavy atom. The molecule has 0 saturated carbocycles. The molecule has 1 rings (SSSR count). The second kappa shape index (κ2) is 7.39. The Kier molecular flexibility index (Phi) is 6.16. The lowest BCUT2D eigenvalue weighted by Crippen LogP contribution is -2.16. The second-order valence-corrected chi connectivity index (χ2v) is 5.35. The lowest BCUT2D eigenvalue weighted by molar-refractivity contribution is 0.147. The summed E-state index contributed by atoms with van der Waals surface area (Å²) >= 11 is 0. The van der Waals surface area contributed by atoms with Crippen molar-refractivity contribution < 1.29 is 9.84 Å². The molecule has 1 aromatic carbocycles. The van der Waals surface area contributed by atoms with Gasteiger partial charge in [0.25, 0.3) is 0 Å². The van der Waals surface area contributed by atoms with Gasteiger partial charge in [-0.3, -0.25) is 0 Å². The maximum absolute atomic E-state index is 10.2. The Labute approximate surface area is 110 Å². The number of para-hydroxylation sites is 1. The van der Waals surface area contributed by atoms with Gasteiger partial charge in [0.15, 0.2) is 0 Å². The van der Waals surface area contributed by atoms with Crippen LogP contribution in [0, 0.1) is 5.92 Å². The Morgan fingerprint density at radius 1 is 1.22 bits per heavy atom. The van der Waals surface area contributed by atoms with E-state index in [2.05, 4.69) is 18.7 Å². The molecule has 0 aliphatic carbocycles. The fourth-order valence-electron chi connectivity index (χ4n) is 1.68. The maximum Gasteiger partial charge on any atom is 0.125 e. The van der Waals surface area contributed by atoms with Gasteiger partial charge >= 0.3 is 0 Å². The van der Waals surface area contributed by atoms with E-state index in [0.717, 1.165) is 24.3 Å². The first-order valence-corrected chi connectivity index (χ1v) is 6.55. The van der Waals surface area contributed by atoms with E-state index in [1.807, 2.05) is 38.4 Å². The van der Waals surface area contributed by atoms with Crippen LogP contribution in [0.3, 0.4) is 0 Å². The normalized spacial score (nSPS) is 13.1. The van der Waals surface area contributed by atoms with Crippen LogP contribution in [-0.2, 0) is 0 Å². The standard InChI is InChI=1S/C15H25NO2/c1-12(2)11-18-15-8-6-5-7-13(15)14(17)9-10-16(3)4/h5-8,12,14,17H,9-11H2,1-4H3. The molecule has 0 aliphatic heterocycles. The van der Waals surface area contributed by atoms with E-state index in [1.165, 1.54) is 0 Å². The highest BCUT2D eigenvalue weighted by atomic mass is 16.5. The van der Waals surface area contributed by atoms with Crippen molar-refractivity contribution in [1.82, 2.24) is 4.90 Å². The van der Waals surface area contributed by atoms with Crippen LogP contribution in [0.1, 0.15) is 31.9 Å². The van der Waals surface area contributed by atoms with Crippen LogP contribution < -0.4 is 4.74 Å². The zero-order valence-corrected chi connectivity index (χ0v) is 11.9. The van der Waals surface area contributed by atoms with Gasteiger partial charge in [-0.15, -0.1) is 0 Å². The van der Waals surface area contributed by atoms with Crippen molar-refractivity contribution in [3.8, 4) is 5.75 Å². The highest BCUT2D eigenvalue weighted by Gasteiger charge is 2.13. The van der Waals surface area contributed by atoms with E-state index >= 15 is 0 Å². The van der Waals surface area contributed by atoms with Crippen LogP contribution >= 0.6 is 0 Å². The molecular weight excluding hydrogens is 226 g/mol. The van der Waals surface area contributed by atoms with Crippen molar-refractivity contribution >= 4 is 0 Å². The van der Waals surface area contributed by atoms with Gasteiger partial charge in [0.2, 0.25) is 0 Å². The van der Waals surface area contributed by atoms with Crippen molar-refractivity contribution in [3.05, 3.63) is 29.8 Å². The molecule has 1 unspecified atom stereocenters. The molecule has 1 N–H and O–H groups in total. The van der Waals surface area contributed by atoms with Crippen molar-refractivity contribution in [1.29, 1.82) is 0 Å². The molecule has 0 saturated heterocycles. The molecule has 102 valence electrons. The fourth-order valence-corrected chi connectivity index (χ4v) is 1.68. The molecule has 1 atom stereocenters. The number of hydrogen-bond acceptors (Lipinski definition) is 3. The van der Waals surface area contributed by atoms with Gasteiger partial charge in [-0.1, -0.05) is 32.0 Å². The van der Waals surface area contributed by atoms with Crippen LogP contribution in [0.4, 0.5) is 0 Å². The highest BCUT2D eigenvalue weighted by molar-refractivity contribution is 5.35. The topological polar surface area (TPSA) is 32.7 Å². The van der Waals surface area contributed by atoms with Gasteiger partial charge in [0.05, 0.1) is 12.7 Å². The molecule has 1 aromatic rings. The fraction of sp³-hybridized carbons (Fsp3) is 0.600. The average Bonchev–Trinajstić information content (AvgIpc) is 2.33. The van der Waals surface area contributed by atoms with E-state index in [9.17, 15) is 5.11 Å². The van der Waals surface area contributed by atoms with Crippen molar-refractivity contribution in [2.24, 2.45) is 5.92 Å². The van der Waals surface area contributed by atoms with Gasteiger partial charge in [-0.2, -0.15) is 0 Å². The Bertz CT molecular complexity index is 350. The molecular formula is C15H25NO2. The molecule has 0 aromatic heterocycles. The molecule has 0 heterocycles. The van der Waals surface area contributed by atoms with Crippen molar-refractivity contribution in [2.75, 3.05) is 27.2 Å². The van der Waals surface area contributed by atoms with Gasteiger partial charge in [-0.25, -0.2) is 0 Å². The average molecular weight is 251 g/mol. The summed E-state index contributed by atoms with van der Waals surface area (Å²) in [5.41, 5.74) is 0.889. The molecule has 0 spiro atoms. The van der Waals surface area contributed by atoms with E-state index in [1.54, 1.807) is 0 Å². The van der Waals surface area contributed by atoms with E-state index in [0.29, 0.717) is 12.5 Å². The van der Waals surface area contributed by atoms with Crippen LogP contribution in [-0.4, -0.2) is 37.3 Å². The molecule has 3 nitrogen and oxygen atoms in total. The summed E-state index contributed by atoms with van der Waals surface area (Å²) in [6, 6.07) is 7.75. The van der Waals surface area contributed by atoms with Crippen LogP contribution in [0.15, 0.2) is 24.3 Å². The minimum Gasteiger partial charge on any atom is -0.493 e. The van der Waals surface area contributed by atoms with Gasteiger partial charge in [-0.05, 0) is 32.5 Å². The third-order valence-corrected chi connectivity index (χ3v) is 2.70. The quantitative estimate of drug-likeness (QED) is 0.808. The monoisotopic (exact) mass is 251 g/mol. The van der Waals surface area contributed by atoms with E-state index in [4.69, 9.17) is 4.74 Å². The summed E-state index contributed by atoms with van der Waals surface area (Å²) in [7, 11) is 4.02. The lowest BCUT2D eigenvalue weighted by atomic mass is 10.1. The number of rotatable bonds is 7.